The fourth-order valence-electron chi connectivity index (χ4n) is 3.09. The summed E-state index contributed by atoms with van der Waals surface area (Å²) >= 11 is 6.05. The van der Waals surface area contributed by atoms with Gasteiger partial charge in [0.2, 0.25) is 5.75 Å². The molecule has 30 heavy (non-hydrogen) atoms. The summed E-state index contributed by atoms with van der Waals surface area (Å²) in [5.74, 6) is -0.426. The fraction of sp³-hybridized carbons (Fsp3) is 0.238. The molecule has 0 aliphatic heterocycles. The molecule has 0 atom stereocenters. The van der Waals surface area contributed by atoms with Gasteiger partial charge in [0.05, 0.1) is 21.3 Å². The molecule has 158 valence electrons. The van der Waals surface area contributed by atoms with E-state index < -0.39 is 11.8 Å². The zero-order valence-corrected chi connectivity index (χ0v) is 17.6. The van der Waals surface area contributed by atoms with Gasteiger partial charge < -0.3 is 29.8 Å². The van der Waals surface area contributed by atoms with Crippen molar-refractivity contribution in [1.82, 2.24) is 10.3 Å². The van der Waals surface area contributed by atoms with Gasteiger partial charge in [-0.05, 0) is 30.2 Å². The number of carbonyl (C=O) groups excluding carboxylic acids is 2. The van der Waals surface area contributed by atoms with E-state index in [0.29, 0.717) is 40.9 Å². The highest BCUT2D eigenvalue weighted by molar-refractivity contribution is 6.39. The third kappa shape index (κ3) is 4.60. The van der Waals surface area contributed by atoms with Crippen molar-refractivity contribution >= 4 is 40.0 Å². The van der Waals surface area contributed by atoms with Crippen LogP contribution in [0.4, 0.5) is 5.69 Å². The highest BCUT2D eigenvalue weighted by atomic mass is 35.5. The first-order chi connectivity index (χ1) is 14.5. The van der Waals surface area contributed by atoms with E-state index in [2.05, 4.69) is 15.6 Å². The van der Waals surface area contributed by atoms with Crippen LogP contribution in [0.3, 0.4) is 0 Å². The zero-order valence-electron chi connectivity index (χ0n) is 16.8. The van der Waals surface area contributed by atoms with E-state index in [0.717, 1.165) is 16.5 Å². The summed E-state index contributed by atoms with van der Waals surface area (Å²) in [5.41, 5.74) is 2.30. The Kier molecular flexibility index (Phi) is 6.68. The van der Waals surface area contributed by atoms with Crippen LogP contribution in [0.2, 0.25) is 5.02 Å². The topological polar surface area (TPSA) is 102 Å². The minimum atomic E-state index is -0.800. The standard InChI is InChI=1S/C21H22ClN3O5/c1-28-17-9-14(10-18(29-2)19(17)30-3)25-21(27)20(26)23-7-6-12-11-24-16-5-4-13(22)8-15(12)16/h4-5,8-11,24H,6-7H2,1-3H3,(H,23,26)(H,25,27). The largest absolute Gasteiger partial charge is 0.493 e. The number of benzene rings is 2. The molecule has 0 fully saturated rings. The number of methoxy groups -OCH3 is 3. The molecular weight excluding hydrogens is 410 g/mol. The van der Waals surface area contributed by atoms with Crippen molar-refractivity contribution in [3.05, 3.63) is 47.1 Å². The smallest absolute Gasteiger partial charge is 0.313 e. The molecule has 0 saturated carbocycles. The van der Waals surface area contributed by atoms with Crippen LogP contribution in [-0.2, 0) is 16.0 Å². The molecule has 9 heteroatoms. The lowest BCUT2D eigenvalue weighted by molar-refractivity contribution is -0.136. The van der Waals surface area contributed by atoms with Crippen LogP contribution >= 0.6 is 11.6 Å². The summed E-state index contributed by atoms with van der Waals surface area (Å²) in [4.78, 5) is 27.6. The number of nitrogens with one attached hydrogen (secondary N) is 3. The summed E-state index contributed by atoms with van der Waals surface area (Å²) in [6.45, 7) is 0.293. The molecule has 2 aromatic carbocycles. The van der Waals surface area contributed by atoms with Gasteiger partial charge in [-0.2, -0.15) is 0 Å². The molecule has 0 aliphatic rings. The SMILES string of the molecule is COc1cc(NC(=O)C(=O)NCCc2c[nH]c3ccc(Cl)cc23)cc(OC)c1OC. The number of ether oxygens (including phenoxy) is 3. The number of aromatic nitrogens is 1. The maximum absolute atomic E-state index is 12.3. The van der Waals surface area contributed by atoms with Crippen LogP contribution in [0.15, 0.2) is 36.5 Å². The number of fused-ring (bicyclic) bond motifs is 1. The normalized spacial score (nSPS) is 10.5. The molecule has 3 aromatic rings. The second-order valence-electron chi connectivity index (χ2n) is 6.38. The Morgan fingerprint density at radius 2 is 1.70 bits per heavy atom. The van der Waals surface area contributed by atoms with E-state index in [1.165, 1.54) is 21.3 Å². The number of anilines is 1. The first kappa shape index (κ1) is 21.3. The average Bonchev–Trinajstić information content (AvgIpc) is 3.14. The third-order valence-electron chi connectivity index (χ3n) is 4.54. The van der Waals surface area contributed by atoms with Crippen LogP contribution < -0.4 is 24.8 Å². The lowest BCUT2D eigenvalue weighted by Gasteiger charge is -2.14. The maximum Gasteiger partial charge on any atom is 0.313 e. The number of aromatic amines is 1. The molecule has 0 bridgehead atoms. The Bertz CT molecular complexity index is 1050. The minimum Gasteiger partial charge on any atom is -0.493 e. The number of hydrogen-bond acceptors (Lipinski definition) is 5. The lowest BCUT2D eigenvalue weighted by atomic mass is 10.1. The van der Waals surface area contributed by atoms with Crippen molar-refractivity contribution < 1.29 is 23.8 Å². The Labute approximate surface area is 178 Å². The van der Waals surface area contributed by atoms with Crippen molar-refractivity contribution in [2.24, 2.45) is 0 Å². The third-order valence-corrected chi connectivity index (χ3v) is 4.77. The molecule has 0 radical (unpaired) electrons. The van der Waals surface area contributed by atoms with Crippen LogP contribution in [0.5, 0.6) is 17.2 Å². The van der Waals surface area contributed by atoms with Crippen LogP contribution in [-0.4, -0.2) is 44.7 Å². The maximum atomic E-state index is 12.3. The van der Waals surface area contributed by atoms with Crippen molar-refractivity contribution in [1.29, 1.82) is 0 Å². The predicted octanol–water partition coefficient (Wildman–Crippen LogP) is 3.14. The Balaban J connectivity index is 1.61. The number of H-pyrrole nitrogens is 1. The van der Waals surface area contributed by atoms with E-state index in [4.69, 9.17) is 25.8 Å². The minimum absolute atomic E-state index is 0.293. The second kappa shape index (κ2) is 9.41. The average molecular weight is 432 g/mol. The van der Waals surface area contributed by atoms with Gasteiger partial charge >= 0.3 is 11.8 Å². The van der Waals surface area contributed by atoms with Crippen LogP contribution in [0.25, 0.3) is 10.9 Å². The molecule has 3 rings (SSSR count). The van der Waals surface area contributed by atoms with E-state index in [-0.39, 0.29) is 0 Å². The fourth-order valence-corrected chi connectivity index (χ4v) is 3.26. The summed E-state index contributed by atoms with van der Waals surface area (Å²) in [6.07, 6.45) is 2.41. The van der Waals surface area contributed by atoms with Gasteiger partial charge in [-0.15, -0.1) is 0 Å². The van der Waals surface area contributed by atoms with Gasteiger partial charge in [0.1, 0.15) is 0 Å². The highest BCUT2D eigenvalue weighted by Crippen LogP contribution is 2.39. The Morgan fingerprint density at radius 1 is 1.00 bits per heavy atom. The molecule has 3 N–H and O–H groups in total. The number of hydrogen-bond donors (Lipinski definition) is 3. The quantitative estimate of drug-likeness (QED) is 0.499. The van der Waals surface area contributed by atoms with E-state index in [1.807, 2.05) is 18.3 Å². The molecule has 1 heterocycles. The number of rotatable bonds is 7. The van der Waals surface area contributed by atoms with Gasteiger partial charge in [0.15, 0.2) is 11.5 Å². The molecule has 0 aliphatic carbocycles. The van der Waals surface area contributed by atoms with Crippen molar-refractivity contribution in [2.45, 2.75) is 6.42 Å². The monoisotopic (exact) mass is 431 g/mol. The van der Waals surface area contributed by atoms with Gasteiger partial charge in [-0.1, -0.05) is 11.6 Å². The molecule has 1 aromatic heterocycles. The summed E-state index contributed by atoms with van der Waals surface area (Å²) in [7, 11) is 4.41. The molecule has 0 spiro atoms. The van der Waals surface area contributed by atoms with Crippen LogP contribution in [0.1, 0.15) is 5.56 Å². The molecular formula is C21H22ClN3O5. The van der Waals surface area contributed by atoms with Crippen molar-refractivity contribution in [3.63, 3.8) is 0 Å². The molecule has 0 unspecified atom stereocenters. The van der Waals surface area contributed by atoms with E-state index >= 15 is 0 Å². The van der Waals surface area contributed by atoms with Crippen LogP contribution in [0, 0.1) is 0 Å². The number of carbonyl (C=O) groups is 2. The van der Waals surface area contributed by atoms with E-state index in [9.17, 15) is 9.59 Å². The summed E-state index contributed by atoms with van der Waals surface area (Å²) in [5, 5.41) is 6.77. The van der Waals surface area contributed by atoms with Gasteiger partial charge in [-0.3, -0.25) is 9.59 Å². The first-order valence-electron chi connectivity index (χ1n) is 9.11. The van der Waals surface area contributed by atoms with Gasteiger partial charge in [0, 0.05) is 46.5 Å². The van der Waals surface area contributed by atoms with E-state index in [1.54, 1.807) is 18.2 Å². The number of halogens is 1. The van der Waals surface area contributed by atoms with Gasteiger partial charge in [0.25, 0.3) is 0 Å². The Hall–Kier alpha value is -3.39. The summed E-state index contributed by atoms with van der Waals surface area (Å²) < 4.78 is 15.7. The summed E-state index contributed by atoms with van der Waals surface area (Å²) in [6, 6.07) is 8.65. The molecule has 2 amide bonds. The second-order valence-corrected chi connectivity index (χ2v) is 6.81. The highest BCUT2D eigenvalue weighted by Gasteiger charge is 2.18. The molecule has 0 saturated heterocycles. The zero-order chi connectivity index (χ0) is 21.7. The predicted molar refractivity (Wildman–Crippen MR) is 115 cm³/mol. The van der Waals surface area contributed by atoms with Crippen molar-refractivity contribution in [2.75, 3.05) is 33.2 Å². The van der Waals surface area contributed by atoms with Crippen molar-refractivity contribution in [3.8, 4) is 17.2 Å². The lowest BCUT2D eigenvalue weighted by Crippen LogP contribution is -2.36. The first-order valence-corrected chi connectivity index (χ1v) is 9.49. The Morgan fingerprint density at radius 3 is 2.33 bits per heavy atom. The number of amides is 2. The van der Waals surface area contributed by atoms with Gasteiger partial charge in [-0.25, -0.2) is 0 Å². The molecule has 8 nitrogen and oxygen atoms in total.